The predicted molar refractivity (Wildman–Crippen MR) is 98.1 cm³/mol. The van der Waals surface area contributed by atoms with Crippen LogP contribution in [-0.2, 0) is 12.7 Å². The van der Waals surface area contributed by atoms with Crippen molar-refractivity contribution in [3.05, 3.63) is 87.7 Å². The summed E-state index contributed by atoms with van der Waals surface area (Å²) < 4.78 is 81.5. The van der Waals surface area contributed by atoms with E-state index in [1.807, 2.05) is 0 Å². The molecule has 0 bridgehead atoms. The third-order valence-electron chi connectivity index (χ3n) is 4.27. The van der Waals surface area contributed by atoms with Gasteiger partial charge in [-0.25, -0.2) is 0 Å². The van der Waals surface area contributed by atoms with E-state index in [0.717, 1.165) is 28.3 Å². The minimum absolute atomic E-state index is 0.0501. The van der Waals surface area contributed by atoms with Crippen LogP contribution in [-0.4, -0.2) is 10.9 Å². The summed E-state index contributed by atoms with van der Waals surface area (Å²) in [6.45, 7) is 1.63. The van der Waals surface area contributed by atoms with Gasteiger partial charge in [0.15, 0.2) is 0 Å². The monoisotopic (exact) mass is 427 g/mol. The van der Waals surface area contributed by atoms with E-state index in [9.17, 15) is 31.1 Å². The summed E-state index contributed by atoms with van der Waals surface area (Å²) in [6.07, 6.45) is -9.54. The van der Waals surface area contributed by atoms with Crippen molar-refractivity contribution in [2.45, 2.75) is 26.0 Å². The Morgan fingerprint density at radius 2 is 1.57 bits per heavy atom. The molecular formula is C21H15F6NO2. The van der Waals surface area contributed by atoms with Crippen molar-refractivity contribution in [2.75, 3.05) is 0 Å². The smallest absolute Gasteiger partial charge is 0.406 e. The second-order valence-electron chi connectivity index (χ2n) is 6.61. The Morgan fingerprint density at radius 3 is 2.13 bits per heavy atom. The van der Waals surface area contributed by atoms with E-state index in [1.54, 1.807) is 31.2 Å². The summed E-state index contributed by atoms with van der Waals surface area (Å²) in [7, 11) is 0. The minimum Gasteiger partial charge on any atom is -0.406 e. The van der Waals surface area contributed by atoms with Crippen LogP contribution in [0, 0.1) is 6.92 Å². The maximum absolute atomic E-state index is 13.2. The van der Waals surface area contributed by atoms with E-state index in [4.69, 9.17) is 0 Å². The molecule has 0 radical (unpaired) electrons. The topological polar surface area (TPSA) is 31.2 Å². The van der Waals surface area contributed by atoms with Crippen LogP contribution >= 0.6 is 0 Å². The quantitative estimate of drug-likeness (QED) is 0.494. The molecule has 3 nitrogen and oxygen atoms in total. The van der Waals surface area contributed by atoms with Gasteiger partial charge in [0, 0.05) is 6.07 Å². The van der Waals surface area contributed by atoms with E-state index in [2.05, 4.69) is 4.74 Å². The van der Waals surface area contributed by atoms with Crippen LogP contribution in [0.15, 0.2) is 65.5 Å². The number of rotatable bonds is 4. The van der Waals surface area contributed by atoms with Crippen LogP contribution in [0.3, 0.4) is 0 Å². The van der Waals surface area contributed by atoms with Crippen molar-refractivity contribution in [1.29, 1.82) is 0 Å². The highest BCUT2D eigenvalue weighted by molar-refractivity contribution is 5.62. The Hall–Kier alpha value is -3.23. The number of hydrogen-bond donors (Lipinski definition) is 0. The summed E-state index contributed by atoms with van der Waals surface area (Å²) in [5.74, 6) is -0.440. The van der Waals surface area contributed by atoms with Crippen molar-refractivity contribution < 1.29 is 31.1 Å². The maximum atomic E-state index is 13.2. The van der Waals surface area contributed by atoms with Crippen LogP contribution < -0.4 is 10.3 Å². The summed E-state index contributed by atoms with van der Waals surface area (Å²) in [6, 6.07) is 12.8. The van der Waals surface area contributed by atoms with Crippen LogP contribution in [0.25, 0.3) is 11.3 Å². The first-order valence-electron chi connectivity index (χ1n) is 8.66. The lowest BCUT2D eigenvalue weighted by atomic mass is 10.0. The minimum atomic E-state index is -4.84. The zero-order valence-corrected chi connectivity index (χ0v) is 15.5. The van der Waals surface area contributed by atoms with Gasteiger partial charge in [0.05, 0.1) is 17.8 Å². The Balaban J connectivity index is 2.05. The Kier molecular flexibility index (Phi) is 5.65. The maximum Gasteiger partial charge on any atom is 0.573 e. The molecule has 30 heavy (non-hydrogen) atoms. The number of alkyl halides is 6. The number of ether oxygens (including phenoxy) is 1. The number of halogens is 6. The highest BCUT2D eigenvalue weighted by Gasteiger charge is 2.32. The van der Waals surface area contributed by atoms with Crippen molar-refractivity contribution >= 4 is 0 Å². The van der Waals surface area contributed by atoms with Gasteiger partial charge < -0.3 is 9.30 Å². The van der Waals surface area contributed by atoms with Gasteiger partial charge in [-0.15, -0.1) is 13.2 Å². The Morgan fingerprint density at radius 1 is 0.900 bits per heavy atom. The fraction of sp³-hybridized carbons (Fsp3) is 0.190. The number of aryl methyl sites for hydroxylation is 1. The number of nitrogens with zero attached hydrogens (tertiary/aromatic N) is 1. The number of hydrogen-bond acceptors (Lipinski definition) is 2. The SMILES string of the molecule is Cc1cccc(-c2cc(C(F)(F)F)cc(=O)n2Cc2ccc(OC(F)(F)F)cc2)c1. The zero-order valence-electron chi connectivity index (χ0n) is 15.5. The van der Waals surface area contributed by atoms with Gasteiger partial charge in [-0.2, -0.15) is 13.2 Å². The fourth-order valence-corrected chi connectivity index (χ4v) is 2.95. The summed E-state index contributed by atoms with van der Waals surface area (Å²) in [5.41, 5.74) is -0.284. The molecule has 0 fully saturated rings. The first-order valence-corrected chi connectivity index (χ1v) is 8.66. The lowest BCUT2D eigenvalue weighted by Gasteiger charge is -2.17. The van der Waals surface area contributed by atoms with Crippen molar-refractivity contribution in [3.8, 4) is 17.0 Å². The van der Waals surface area contributed by atoms with Gasteiger partial charge in [0.1, 0.15) is 5.75 Å². The summed E-state index contributed by atoms with van der Waals surface area (Å²) >= 11 is 0. The van der Waals surface area contributed by atoms with Gasteiger partial charge in [-0.3, -0.25) is 4.79 Å². The number of pyridine rings is 1. The molecule has 9 heteroatoms. The molecular weight excluding hydrogens is 412 g/mol. The van der Waals surface area contributed by atoms with Gasteiger partial charge >= 0.3 is 12.5 Å². The van der Waals surface area contributed by atoms with E-state index in [1.165, 1.54) is 12.1 Å². The van der Waals surface area contributed by atoms with Gasteiger partial charge in [-0.05, 0) is 42.3 Å². The van der Waals surface area contributed by atoms with E-state index < -0.39 is 29.4 Å². The average Bonchev–Trinajstić information content (AvgIpc) is 2.62. The van der Waals surface area contributed by atoms with Gasteiger partial charge in [0.2, 0.25) is 0 Å². The van der Waals surface area contributed by atoms with Crippen LogP contribution in [0.4, 0.5) is 26.3 Å². The van der Waals surface area contributed by atoms with E-state index >= 15 is 0 Å². The molecule has 0 spiro atoms. The first-order chi connectivity index (χ1) is 13.9. The molecule has 1 aromatic heterocycles. The second-order valence-corrected chi connectivity index (χ2v) is 6.61. The largest absolute Gasteiger partial charge is 0.573 e. The molecule has 0 amide bonds. The molecule has 158 valence electrons. The molecule has 0 atom stereocenters. The van der Waals surface area contributed by atoms with Crippen molar-refractivity contribution in [1.82, 2.24) is 4.57 Å². The molecule has 0 aliphatic heterocycles. The van der Waals surface area contributed by atoms with Crippen LogP contribution in [0.5, 0.6) is 5.75 Å². The van der Waals surface area contributed by atoms with Gasteiger partial charge in [-0.1, -0.05) is 35.9 Å². The van der Waals surface area contributed by atoms with Crippen molar-refractivity contribution in [3.63, 3.8) is 0 Å². The molecule has 0 saturated heterocycles. The molecule has 0 N–H and O–H groups in total. The summed E-state index contributed by atoms with van der Waals surface area (Å²) in [4.78, 5) is 12.5. The zero-order chi connectivity index (χ0) is 22.1. The van der Waals surface area contributed by atoms with Crippen LogP contribution in [0.2, 0.25) is 0 Å². The normalized spacial score (nSPS) is 12.1. The lowest BCUT2D eigenvalue weighted by molar-refractivity contribution is -0.274. The number of benzene rings is 2. The van der Waals surface area contributed by atoms with Crippen molar-refractivity contribution in [2.24, 2.45) is 0 Å². The highest BCUT2D eigenvalue weighted by atomic mass is 19.4. The Labute approximate surface area is 167 Å². The molecule has 3 aromatic rings. The Bertz CT molecular complexity index is 1100. The molecule has 0 unspecified atom stereocenters. The van der Waals surface area contributed by atoms with E-state index in [0.29, 0.717) is 17.2 Å². The molecule has 3 rings (SSSR count). The highest BCUT2D eigenvalue weighted by Crippen LogP contribution is 2.32. The summed E-state index contributed by atoms with van der Waals surface area (Å²) in [5, 5.41) is 0. The van der Waals surface area contributed by atoms with E-state index in [-0.39, 0.29) is 12.2 Å². The average molecular weight is 427 g/mol. The molecule has 0 saturated carbocycles. The second kappa shape index (κ2) is 7.89. The third-order valence-corrected chi connectivity index (χ3v) is 4.27. The molecule has 0 aliphatic rings. The lowest BCUT2D eigenvalue weighted by Crippen LogP contribution is -2.24. The number of aromatic nitrogens is 1. The predicted octanol–water partition coefficient (Wildman–Crippen LogP) is 5.79. The van der Waals surface area contributed by atoms with Gasteiger partial charge in [0.25, 0.3) is 5.56 Å². The molecule has 1 heterocycles. The molecule has 0 aliphatic carbocycles. The molecule has 2 aromatic carbocycles. The van der Waals surface area contributed by atoms with Crippen LogP contribution in [0.1, 0.15) is 16.7 Å². The first kappa shape index (κ1) is 21.5. The fourth-order valence-electron chi connectivity index (χ4n) is 2.95. The standard InChI is InChI=1S/C21H15F6NO2/c1-13-3-2-4-15(9-13)18-10-16(20(22,23)24)11-19(29)28(18)12-14-5-7-17(8-6-14)30-21(25,26)27/h2-11H,12H2,1H3. The third kappa shape index (κ3) is 5.22.